The number of benzene rings is 1. The highest BCUT2D eigenvalue weighted by Crippen LogP contribution is 2.32. The number of esters is 1. The monoisotopic (exact) mass is 435 g/mol. The van der Waals surface area contributed by atoms with Crippen LogP contribution in [0.2, 0.25) is 0 Å². The number of rotatable bonds is 5. The summed E-state index contributed by atoms with van der Waals surface area (Å²) in [7, 11) is 1.32. The highest BCUT2D eigenvalue weighted by molar-refractivity contribution is 8.26. The summed E-state index contributed by atoms with van der Waals surface area (Å²) in [5, 5.41) is 3.37. The normalized spacial score (nSPS) is 17.8. The first-order chi connectivity index (χ1) is 13.5. The van der Waals surface area contributed by atoms with Gasteiger partial charge in [-0.2, -0.15) is 0 Å². The number of nitrogens with zero attached hydrogens (tertiary/aromatic N) is 2. The molecule has 1 aromatic carbocycles. The minimum absolute atomic E-state index is 0.146. The molecule has 1 saturated heterocycles. The van der Waals surface area contributed by atoms with Crippen LogP contribution >= 0.6 is 35.7 Å². The predicted molar refractivity (Wildman–Crippen MR) is 115 cm³/mol. The number of nitrogens with one attached hydrogen (secondary N) is 1. The Labute approximate surface area is 176 Å². The van der Waals surface area contributed by atoms with Gasteiger partial charge in [-0.1, -0.05) is 47.9 Å². The lowest BCUT2D eigenvalue weighted by Crippen LogP contribution is -2.34. The Morgan fingerprint density at radius 1 is 1.36 bits per heavy atom. The SMILES string of the molecule is COC(=O)c1ccc(C=C2SC(=S)N(CCC(=O)NC3=NCCS3)C2=O)cc1. The number of thiocarbonyl (C=S) groups is 1. The summed E-state index contributed by atoms with van der Waals surface area (Å²) in [5.74, 6) is 0.0329. The number of amidine groups is 1. The molecule has 0 atom stereocenters. The number of aliphatic imine (C=N–C) groups is 1. The number of methoxy groups -OCH3 is 1. The third-order valence-electron chi connectivity index (χ3n) is 3.90. The van der Waals surface area contributed by atoms with E-state index in [-0.39, 0.29) is 24.8 Å². The van der Waals surface area contributed by atoms with Gasteiger partial charge in [0.2, 0.25) is 5.91 Å². The summed E-state index contributed by atoms with van der Waals surface area (Å²) in [4.78, 5) is 42.2. The molecule has 3 rings (SSSR count). The molecule has 0 aliphatic carbocycles. The van der Waals surface area contributed by atoms with E-state index in [1.807, 2.05) is 0 Å². The molecule has 1 N–H and O–H groups in total. The highest BCUT2D eigenvalue weighted by atomic mass is 32.2. The van der Waals surface area contributed by atoms with Crippen molar-refractivity contribution in [1.82, 2.24) is 10.2 Å². The minimum atomic E-state index is -0.418. The van der Waals surface area contributed by atoms with Gasteiger partial charge in [0, 0.05) is 18.7 Å². The second-order valence-electron chi connectivity index (χ2n) is 5.78. The zero-order chi connectivity index (χ0) is 20.1. The van der Waals surface area contributed by atoms with Crippen LogP contribution in [0.3, 0.4) is 0 Å². The van der Waals surface area contributed by atoms with Gasteiger partial charge >= 0.3 is 5.97 Å². The molecule has 0 aromatic heterocycles. The highest BCUT2D eigenvalue weighted by Gasteiger charge is 2.32. The molecule has 0 spiro atoms. The maximum atomic E-state index is 12.6. The van der Waals surface area contributed by atoms with Crippen LogP contribution in [0, 0.1) is 0 Å². The van der Waals surface area contributed by atoms with Gasteiger partial charge < -0.3 is 10.1 Å². The Morgan fingerprint density at radius 2 is 2.11 bits per heavy atom. The lowest BCUT2D eigenvalue weighted by molar-refractivity contribution is -0.123. The number of hydrogen-bond donors (Lipinski definition) is 1. The topological polar surface area (TPSA) is 88.1 Å². The molecule has 0 bridgehead atoms. The summed E-state index contributed by atoms with van der Waals surface area (Å²) < 4.78 is 5.08. The Morgan fingerprint density at radius 3 is 2.75 bits per heavy atom. The van der Waals surface area contributed by atoms with E-state index in [0.29, 0.717) is 26.5 Å². The van der Waals surface area contributed by atoms with Crippen LogP contribution in [0.5, 0.6) is 0 Å². The fourth-order valence-electron chi connectivity index (χ4n) is 2.48. The summed E-state index contributed by atoms with van der Waals surface area (Å²) in [5.41, 5.74) is 1.20. The first-order valence-corrected chi connectivity index (χ1v) is 10.6. The Kier molecular flexibility index (Phi) is 6.87. The third-order valence-corrected chi connectivity index (χ3v) is 6.17. The average Bonchev–Trinajstić information content (AvgIpc) is 3.28. The first kappa shape index (κ1) is 20.6. The number of carbonyl (C=O) groups excluding carboxylic acids is 3. The molecule has 0 unspecified atom stereocenters. The lowest BCUT2D eigenvalue weighted by atomic mass is 10.1. The molecule has 1 fully saturated rings. The van der Waals surface area contributed by atoms with E-state index in [1.54, 1.807) is 30.3 Å². The summed E-state index contributed by atoms with van der Waals surface area (Å²) >= 11 is 7.98. The molecular weight excluding hydrogens is 418 g/mol. The molecule has 7 nitrogen and oxygen atoms in total. The van der Waals surface area contributed by atoms with Crippen molar-refractivity contribution in [3.63, 3.8) is 0 Å². The van der Waals surface area contributed by atoms with E-state index in [2.05, 4.69) is 15.0 Å². The molecule has 2 heterocycles. The van der Waals surface area contributed by atoms with Gasteiger partial charge in [-0.05, 0) is 23.8 Å². The Bertz CT molecular complexity index is 881. The Balaban J connectivity index is 1.60. The zero-order valence-electron chi connectivity index (χ0n) is 15.0. The molecular formula is C18H17N3O4S3. The summed E-state index contributed by atoms with van der Waals surface area (Å²) in [6.45, 7) is 0.924. The number of hydrogen-bond acceptors (Lipinski definition) is 8. The first-order valence-electron chi connectivity index (χ1n) is 8.39. The van der Waals surface area contributed by atoms with Gasteiger partial charge in [-0.15, -0.1) is 0 Å². The standard InChI is InChI=1S/C18H17N3O4S3/c1-25-16(24)12-4-2-11(3-5-12)10-13-15(23)21(18(26)28-13)8-6-14(22)20-17-19-7-9-27-17/h2-5,10H,6-9H2,1H3,(H,19,20,22). The summed E-state index contributed by atoms with van der Waals surface area (Å²) in [6, 6.07) is 6.72. The van der Waals surface area contributed by atoms with Gasteiger partial charge in [0.05, 0.1) is 24.1 Å². The number of ether oxygens (including phenoxy) is 1. The van der Waals surface area contributed by atoms with Crippen molar-refractivity contribution in [3.8, 4) is 0 Å². The van der Waals surface area contributed by atoms with Gasteiger partial charge in [-0.25, -0.2) is 4.79 Å². The number of carbonyl (C=O) groups is 3. The van der Waals surface area contributed by atoms with Crippen LogP contribution in [-0.4, -0.2) is 58.1 Å². The molecule has 2 aliphatic heterocycles. The smallest absolute Gasteiger partial charge is 0.337 e. The molecule has 28 heavy (non-hydrogen) atoms. The molecule has 2 aliphatic rings. The van der Waals surface area contributed by atoms with E-state index in [4.69, 9.17) is 12.2 Å². The van der Waals surface area contributed by atoms with Crippen LogP contribution in [0.4, 0.5) is 0 Å². The predicted octanol–water partition coefficient (Wildman–Crippen LogP) is 2.28. The van der Waals surface area contributed by atoms with E-state index in [9.17, 15) is 14.4 Å². The fourth-order valence-corrected chi connectivity index (χ4v) is 4.54. The van der Waals surface area contributed by atoms with Crippen LogP contribution < -0.4 is 5.32 Å². The average molecular weight is 436 g/mol. The molecule has 2 amide bonds. The van der Waals surface area contributed by atoms with Gasteiger partial charge in [0.15, 0.2) is 5.17 Å². The molecule has 146 valence electrons. The molecule has 0 radical (unpaired) electrons. The molecule has 0 saturated carbocycles. The van der Waals surface area contributed by atoms with Gasteiger partial charge in [0.1, 0.15) is 4.32 Å². The largest absolute Gasteiger partial charge is 0.465 e. The van der Waals surface area contributed by atoms with E-state index < -0.39 is 5.97 Å². The number of thioether (sulfide) groups is 2. The second kappa shape index (κ2) is 9.35. The Hall–Kier alpha value is -2.17. The maximum absolute atomic E-state index is 12.6. The molecule has 10 heteroatoms. The van der Waals surface area contributed by atoms with E-state index in [0.717, 1.165) is 11.3 Å². The van der Waals surface area contributed by atoms with Crippen LogP contribution in [0.1, 0.15) is 22.3 Å². The van der Waals surface area contributed by atoms with Gasteiger partial charge in [0.25, 0.3) is 5.91 Å². The maximum Gasteiger partial charge on any atom is 0.337 e. The van der Waals surface area contributed by atoms with Crippen molar-refractivity contribution in [2.45, 2.75) is 6.42 Å². The van der Waals surface area contributed by atoms with Gasteiger partial charge in [-0.3, -0.25) is 19.5 Å². The lowest BCUT2D eigenvalue weighted by Gasteiger charge is -2.13. The zero-order valence-corrected chi connectivity index (χ0v) is 17.4. The van der Waals surface area contributed by atoms with Crippen LogP contribution in [0.25, 0.3) is 6.08 Å². The van der Waals surface area contributed by atoms with Crippen molar-refractivity contribution in [3.05, 3.63) is 40.3 Å². The van der Waals surface area contributed by atoms with E-state index >= 15 is 0 Å². The second-order valence-corrected chi connectivity index (χ2v) is 8.54. The minimum Gasteiger partial charge on any atom is -0.465 e. The fraction of sp³-hybridized carbons (Fsp3) is 0.278. The van der Waals surface area contributed by atoms with Crippen molar-refractivity contribution in [2.24, 2.45) is 4.99 Å². The number of amides is 2. The van der Waals surface area contributed by atoms with Crippen molar-refractivity contribution >= 4 is 69.1 Å². The van der Waals surface area contributed by atoms with Crippen LogP contribution in [-0.2, 0) is 14.3 Å². The summed E-state index contributed by atoms with van der Waals surface area (Å²) in [6.07, 6.45) is 1.86. The van der Waals surface area contributed by atoms with Crippen molar-refractivity contribution < 1.29 is 19.1 Å². The molecule has 1 aromatic rings. The van der Waals surface area contributed by atoms with Crippen molar-refractivity contribution in [1.29, 1.82) is 0 Å². The van der Waals surface area contributed by atoms with Crippen LogP contribution in [0.15, 0.2) is 34.2 Å². The van der Waals surface area contributed by atoms with Crippen molar-refractivity contribution in [2.75, 3.05) is 26.0 Å². The third kappa shape index (κ3) is 5.00. The van der Waals surface area contributed by atoms with E-state index in [1.165, 1.54) is 35.5 Å². The quantitative estimate of drug-likeness (QED) is 0.431.